The number of carbonyl (C=O) groups excluding carboxylic acids is 3. The van der Waals surface area contributed by atoms with Crippen LogP contribution in [0.4, 0.5) is 5.69 Å². The van der Waals surface area contributed by atoms with E-state index in [0.717, 1.165) is 12.8 Å². The molecule has 2 aromatic rings. The first kappa shape index (κ1) is 18.4. The summed E-state index contributed by atoms with van der Waals surface area (Å²) < 4.78 is 0. The monoisotopic (exact) mass is 408 g/mol. The molecule has 0 aromatic heterocycles. The molecule has 148 valence electrons. The first-order valence-corrected chi connectivity index (χ1v) is 10.4. The van der Waals surface area contributed by atoms with Crippen molar-refractivity contribution in [3.05, 3.63) is 65.2 Å². The number of hydrogen-bond acceptors (Lipinski definition) is 3. The van der Waals surface area contributed by atoms with Gasteiger partial charge in [-0.05, 0) is 60.4 Å². The molecule has 1 saturated heterocycles. The number of anilines is 1. The van der Waals surface area contributed by atoms with Crippen molar-refractivity contribution in [1.29, 1.82) is 0 Å². The highest BCUT2D eigenvalue weighted by Gasteiger charge is 2.63. The van der Waals surface area contributed by atoms with Gasteiger partial charge in [0.05, 0.1) is 11.8 Å². The van der Waals surface area contributed by atoms with Crippen molar-refractivity contribution in [2.45, 2.75) is 18.8 Å². The highest BCUT2D eigenvalue weighted by molar-refractivity contribution is 6.30. The van der Waals surface area contributed by atoms with Crippen LogP contribution in [-0.2, 0) is 14.4 Å². The summed E-state index contributed by atoms with van der Waals surface area (Å²) in [5.41, 5.74) is 1.83. The lowest BCUT2D eigenvalue weighted by atomic mass is 9.73. The number of benzene rings is 2. The lowest BCUT2D eigenvalue weighted by Gasteiger charge is -2.28. The van der Waals surface area contributed by atoms with Crippen molar-refractivity contribution in [2.24, 2.45) is 23.7 Å². The van der Waals surface area contributed by atoms with Gasteiger partial charge in [0.1, 0.15) is 6.54 Å². The lowest BCUT2D eigenvalue weighted by Crippen LogP contribution is -2.39. The fourth-order valence-corrected chi connectivity index (χ4v) is 5.76. The van der Waals surface area contributed by atoms with E-state index in [1.807, 2.05) is 18.2 Å². The summed E-state index contributed by atoms with van der Waals surface area (Å²) in [4.78, 5) is 39.7. The Kier molecular flexibility index (Phi) is 4.43. The number of imide groups is 1. The van der Waals surface area contributed by atoms with Crippen molar-refractivity contribution < 1.29 is 14.4 Å². The normalized spacial score (nSPS) is 30.0. The molecular weight excluding hydrogens is 388 g/mol. The van der Waals surface area contributed by atoms with Gasteiger partial charge in [0.25, 0.3) is 0 Å². The molecule has 2 aromatic carbocycles. The summed E-state index contributed by atoms with van der Waals surface area (Å²) in [7, 11) is 0. The molecule has 6 heteroatoms. The van der Waals surface area contributed by atoms with Crippen LogP contribution < -0.4 is 5.32 Å². The number of amides is 3. The van der Waals surface area contributed by atoms with E-state index in [1.165, 1.54) is 10.5 Å². The average molecular weight is 409 g/mol. The molecular formula is C23H21ClN2O3. The Hall–Kier alpha value is -2.66. The Labute approximate surface area is 174 Å². The third-order valence-corrected chi connectivity index (χ3v) is 7.02. The van der Waals surface area contributed by atoms with E-state index in [1.54, 1.807) is 24.3 Å². The lowest BCUT2D eigenvalue weighted by molar-refractivity contribution is -0.143. The minimum Gasteiger partial charge on any atom is -0.325 e. The summed E-state index contributed by atoms with van der Waals surface area (Å²) in [6, 6.07) is 17.0. The van der Waals surface area contributed by atoms with E-state index < -0.39 is 0 Å². The standard InChI is InChI=1S/C23H21ClN2O3/c24-15-6-8-16(9-7-15)25-19(27)12-26-22(28)20-14-10-17(13-4-2-1-3-5-13)18(11-14)21(20)23(26)29/h1-9,14,17-18,20-21H,10-12H2,(H,25,27)/t14-,17+,18+,20+,21+/m0/s1. The predicted molar refractivity (Wildman–Crippen MR) is 109 cm³/mol. The quantitative estimate of drug-likeness (QED) is 0.784. The average Bonchev–Trinajstić information content (AvgIpc) is 3.38. The largest absolute Gasteiger partial charge is 0.325 e. The first-order valence-electron chi connectivity index (χ1n) is 9.98. The summed E-state index contributed by atoms with van der Waals surface area (Å²) >= 11 is 5.86. The molecule has 29 heavy (non-hydrogen) atoms. The third-order valence-electron chi connectivity index (χ3n) is 6.76. The second-order valence-electron chi connectivity index (χ2n) is 8.28. The Morgan fingerprint density at radius 1 is 0.966 bits per heavy atom. The summed E-state index contributed by atoms with van der Waals surface area (Å²) in [5, 5.41) is 3.31. The number of halogens is 1. The van der Waals surface area contributed by atoms with E-state index in [0.29, 0.717) is 16.6 Å². The maximum absolute atomic E-state index is 13.1. The second kappa shape index (κ2) is 6.99. The molecule has 3 fully saturated rings. The smallest absolute Gasteiger partial charge is 0.244 e. The highest BCUT2D eigenvalue weighted by Crippen LogP contribution is 2.61. The van der Waals surface area contributed by atoms with Crippen LogP contribution in [0.1, 0.15) is 24.3 Å². The number of hydrogen-bond donors (Lipinski definition) is 1. The van der Waals surface area contributed by atoms with Crippen molar-refractivity contribution in [3.8, 4) is 0 Å². The second-order valence-corrected chi connectivity index (χ2v) is 8.72. The minimum absolute atomic E-state index is 0.176. The number of nitrogens with one attached hydrogen (secondary N) is 1. The molecule has 0 radical (unpaired) electrons. The SMILES string of the molecule is O=C(CN1C(=O)[C@@H]2[C@@H]3C[C@@H]([C@H]2C1=O)[C@@H](c1ccccc1)C3)Nc1ccc(Cl)cc1. The number of rotatable bonds is 4. The molecule has 5 nitrogen and oxygen atoms in total. The van der Waals surface area contributed by atoms with Crippen molar-refractivity contribution in [3.63, 3.8) is 0 Å². The maximum atomic E-state index is 13.1. The molecule has 0 unspecified atom stereocenters. The molecule has 2 bridgehead atoms. The van der Waals surface area contributed by atoms with E-state index in [9.17, 15) is 14.4 Å². The molecule has 1 N–H and O–H groups in total. The van der Waals surface area contributed by atoms with Crippen LogP contribution in [0.5, 0.6) is 0 Å². The number of nitrogens with zero attached hydrogens (tertiary/aromatic N) is 1. The van der Waals surface area contributed by atoms with Gasteiger partial charge in [0.15, 0.2) is 0 Å². The van der Waals surface area contributed by atoms with E-state index in [-0.39, 0.29) is 47.9 Å². The van der Waals surface area contributed by atoms with Crippen molar-refractivity contribution >= 4 is 35.0 Å². The molecule has 0 spiro atoms. The van der Waals surface area contributed by atoms with Crippen LogP contribution >= 0.6 is 11.6 Å². The zero-order chi connectivity index (χ0) is 20.1. The Bertz CT molecular complexity index is 975. The Morgan fingerprint density at radius 3 is 2.38 bits per heavy atom. The molecule has 3 amide bonds. The fraction of sp³-hybridized carbons (Fsp3) is 0.348. The zero-order valence-corrected chi connectivity index (χ0v) is 16.5. The van der Waals surface area contributed by atoms with Crippen LogP contribution in [0.25, 0.3) is 0 Å². The first-order chi connectivity index (χ1) is 14.0. The van der Waals surface area contributed by atoms with Crippen LogP contribution in [0.15, 0.2) is 54.6 Å². The molecule has 5 atom stereocenters. The van der Waals surface area contributed by atoms with E-state index in [2.05, 4.69) is 17.4 Å². The van der Waals surface area contributed by atoms with Gasteiger partial charge in [-0.1, -0.05) is 41.9 Å². The minimum atomic E-state index is -0.374. The Balaban J connectivity index is 1.31. The van der Waals surface area contributed by atoms with Gasteiger partial charge in [-0.3, -0.25) is 19.3 Å². The molecule has 3 aliphatic rings. The maximum Gasteiger partial charge on any atom is 0.244 e. The van der Waals surface area contributed by atoms with Gasteiger partial charge in [0.2, 0.25) is 17.7 Å². The van der Waals surface area contributed by atoms with E-state index in [4.69, 9.17) is 11.6 Å². The van der Waals surface area contributed by atoms with Crippen molar-refractivity contribution in [2.75, 3.05) is 11.9 Å². The molecule has 1 aliphatic heterocycles. The molecule has 1 heterocycles. The van der Waals surface area contributed by atoms with Gasteiger partial charge in [-0.25, -0.2) is 0 Å². The summed E-state index contributed by atoms with van der Waals surface area (Å²) in [6.07, 6.45) is 1.87. The third kappa shape index (κ3) is 3.04. The van der Waals surface area contributed by atoms with Gasteiger partial charge in [-0.2, -0.15) is 0 Å². The molecule has 2 saturated carbocycles. The van der Waals surface area contributed by atoms with Gasteiger partial charge < -0.3 is 5.32 Å². The van der Waals surface area contributed by atoms with Gasteiger partial charge in [0, 0.05) is 10.7 Å². The Morgan fingerprint density at radius 2 is 1.66 bits per heavy atom. The summed E-state index contributed by atoms with van der Waals surface area (Å²) in [5.74, 6) is -0.526. The van der Waals surface area contributed by atoms with Crippen molar-refractivity contribution in [1.82, 2.24) is 4.90 Å². The number of fused-ring (bicyclic) bond motifs is 5. The van der Waals surface area contributed by atoms with Crippen LogP contribution in [0, 0.1) is 23.7 Å². The van der Waals surface area contributed by atoms with Crippen LogP contribution in [0.3, 0.4) is 0 Å². The topological polar surface area (TPSA) is 66.5 Å². The zero-order valence-electron chi connectivity index (χ0n) is 15.8. The number of carbonyl (C=O) groups is 3. The van der Waals surface area contributed by atoms with Gasteiger partial charge >= 0.3 is 0 Å². The summed E-state index contributed by atoms with van der Waals surface area (Å²) in [6.45, 7) is -0.233. The highest BCUT2D eigenvalue weighted by atomic mass is 35.5. The molecule has 5 rings (SSSR count). The van der Waals surface area contributed by atoms with E-state index >= 15 is 0 Å². The fourth-order valence-electron chi connectivity index (χ4n) is 5.64. The van der Waals surface area contributed by atoms with Gasteiger partial charge in [-0.15, -0.1) is 0 Å². The van der Waals surface area contributed by atoms with Crippen LogP contribution in [-0.4, -0.2) is 29.2 Å². The number of likely N-dealkylation sites (tertiary alicyclic amines) is 1. The molecule has 2 aliphatic carbocycles. The predicted octanol–water partition coefficient (Wildman–Crippen LogP) is 3.70. The van der Waals surface area contributed by atoms with Crippen LogP contribution in [0.2, 0.25) is 5.02 Å².